The molecule has 0 spiro atoms. The van der Waals surface area contributed by atoms with E-state index in [9.17, 15) is 0 Å². The first-order valence-electron chi connectivity index (χ1n) is 8.10. The molecule has 0 aliphatic heterocycles. The van der Waals surface area contributed by atoms with Gasteiger partial charge in [0.25, 0.3) is 0 Å². The molecule has 0 aromatic heterocycles. The maximum absolute atomic E-state index is 6.14. The second-order valence-corrected chi connectivity index (χ2v) is 5.73. The first-order valence-corrected chi connectivity index (χ1v) is 8.10. The summed E-state index contributed by atoms with van der Waals surface area (Å²) in [6.07, 6.45) is 2.32. The van der Waals surface area contributed by atoms with Gasteiger partial charge in [-0.1, -0.05) is 63.6 Å². The van der Waals surface area contributed by atoms with Crippen molar-refractivity contribution in [3.63, 3.8) is 0 Å². The van der Waals surface area contributed by atoms with Crippen molar-refractivity contribution < 1.29 is 4.74 Å². The van der Waals surface area contributed by atoms with Crippen LogP contribution in [0.4, 0.5) is 0 Å². The van der Waals surface area contributed by atoms with Gasteiger partial charge in [0, 0.05) is 11.4 Å². The lowest BCUT2D eigenvalue weighted by Crippen LogP contribution is -2.40. The molecule has 0 radical (unpaired) electrons. The van der Waals surface area contributed by atoms with Crippen molar-refractivity contribution in [2.75, 3.05) is 13.2 Å². The van der Waals surface area contributed by atoms with Crippen LogP contribution in [0.3, 0.4) is 0 Å². The third kappa shape index (κ3) is 4.21. The van der Waals surface area contributed by atoms with Gasteiger partial charge in [-0.15, -0.1) is 0 Å². The maximum Gasteiger partial charge on any atom is 0.127 e. The van der Waals surface area contributed by atoms with Gasteiger partial charge in [0.15, 0.2) is 0 Å². The van der Waals surface area contributed by atoms with E-state index in [4.69, 9.17) is 4.74 Å². The Labute approximate surface area is 128 Å². The summed E-state index contributed by atoms with van der Waals surface area (Å²) in [7, 11) is 0. The summed E-state index contributed by atoms with van der Waals surface area (Å²) in [5, 5.41) is 6.04. The number of rotatable bonds is 8. The van der Waals surface area contributed by atoms with E-state index in [2.05, 4.69) is 68.6 Å². The lowest BCUT2D eigenvalue weighted by molar-refractivity contribution is 0.222. The first kappa shape index (κ1) is 15.8. The minimum absolute atomic E-state index is 0.411. The second-order valence-electron chi connectivity index (χ2n) is 5.73. The molecule has 0 aliphatic carbocycles. The SMILES string of the molecule is CCCNC(COc1cccc2ccccc12)C(C)CC. The number of benzene rings is 2. The van der Waals surface area contributed by atoms with Gasteiger partial charge in [-0.3, -0.25) is 0 Å². The standard InChI is InChI=1S/C19H27NO/c1-4-13-20-18(15(3)5-2)14-21-19-12-8-10-16-9-6-7-11-17(16)19/h6-12,15,18,20H,4-5,13-14H2,1-3H3. The van der Waals surface area contributed by atoms with Crippen molar-refractivity contribution >= 4 is 10.8 Å². The summed E-state index contributed by atoms with van der Waals surface area (Å²) in [6, 6.07) is 15.1. The van der Waals surface area contributed by atoms with Gasteiger partial charge in [0.1, 0.15) is 12.4 Å². The number of hydrogen-bond donors (Lipinski definition) is 1. The van der Waals surface area contributed by atoms with E-state index < -0.39 is 0 Å². The summed E-state index contributed by atoms with van der Waals surface area (Å²) in [5.41, 5.74) is 0. The molecule has 0 saturated heterocycles. The Kier molecular flexibility index (Phi) is 6.06. The Morgan fingerprint density at radius 3 is 2.57 bits per heavy atom. The highest BCUT2D eigenvalue weighted by molar-refractivity contribution is 5.88. The van der Waals surface area contributed by atoms with E-state index in [0.717, 1.165) is 25.3 Å². The largest absolute Gasteiger partial charge is 0.491 e. The maximum atomic E-state index is 6.14. The van der Waals surface area contributed by atoms with Crippen molar-refractivity contribution in [3.05, 3.63) is 42.5 Å². The van der Waals surface area contributed by atoms with E-state index in [-0.39, 0.29) is 0 Å². The third-order valence-corrected chi connectivity index (χ3v) is 4.16. The van der Waals surface area contributed by atoms with E-state index in [1.165, 1.54) is 17.2 Å². The highest BCUT2D eigenvalue weighted by Crippen LogP contribution is 2.25. The normalized spacial score (nSPS) is 14.0. The van der Waals surface area contributed by atoms with Crippen LogP contribution in [0, 0.1) is 5.92 Å². The van der Waals surface area contributed by atoms with Crippen LogP contribution in [0.15, 0.2) is 42.5 Å². The highest BCUT2D eigenvalue weighted by Gasteiger charge is 2.16. The van der Waals surface area contributed by atoms with Gasteiger partial charge in [-0.2, -0.15) is 0 Å². The molecular formula is C19H27NO. The van der Waals surface area contributed by atoms with Crippen LogP contribution in [0.1, 0.15) is 33.6 Å². The van der Waals surface area contributed by atoms with Gasteiger partial charge in [0.2, 0.25) is 0 Å². The minimum atomic E-state index is 0.411. The van der Waals surface area contributed by atoms with Gasteiger partial charge >= 0.3 is 0 Å². The molecule has 2 aromatic rings. The van der Waals surface area contributed by atoms with Crippen LogP contribution >= 0.6 is 0 Å². The highest BCUT2D eigenvalue weighted by atomic mass is 16.5. The quantitative estimate of drug-likeness (QED) is 0.763. The Balaban J connectivity index is 2.08. The second kappa shape index (κ2) is 8.04. The first-order chi connectivity index (χ1) is 10.3. The van der Waals surface area contributed by atoms with E-state index in [0.29, 0.717) is 12.0 Å². The molecule has 21 heavy (non-hydrogen) atoms. The predicted octanol–water partition coefficient (Wildman–Crippen LogP) is 4.63. The molecule has 0 bridgehead atoms. The van der Waals surface area contributed by atoms with Gasteiger partial charge < -0.3 is 10.1 Å². The van der Waals surface area contributed by atoms with Crippen molar-refractivity contribution in [2.24, 2.45) is 5.92 Å². The number of hydrogen-bond acceptors (Lipinski definition) is 2. The molecular weight excluding hydrogens is 258 g/mol. The lowest BCUT2D eigenvalue weighted by atomic mass is 10.00. The summed E-state index contributed by atoms with van der Waals surface area (Å²) in [4.78, 5) is 0. The van der Waals surface area contributed by atoms with Crippen LogP contribution in [-0.2, 0) is 0 Å². The molecule has 2 unspecified atom stereocenters. The summed E-state index contributed by atoms with van der Waals surface area (Å²) >= 11 is 0. The van der Waals surface area contributed by atoms with E-state index in [1.807, 2.05) is 0 Å². The zero-order valence-corrected chi connectivity index (χ0v) is 13.4. The van der Waals surface area contributed by atoms with Gasteiger partial charge in [-0.05, 0) is 30.3 Å². The van der Waals surface area contributed by atoms with Crippen molar-refractivity contribution in [2.45, 2.75) is 39.7 Å². The average molecular weight is 285 g/mol. The Morgan fingerprint density at radius 2 is 1.81 bits per heavy atom. The van der Waals surface area contributed by atoms with Crippen LogP contribution in [-0.4, -0.2) is 19.2 Å². The zero-order chi connectivity index (χ0) is 15.1. The average Bonchev–Trinajstić information content (AvgIpc) is 2.54. The Hall–Kier alpha value is -1.54. The fourth-order valence-electron chi connectivity index (χ4n) is 2.54. The summed E-state index contributed by atoms with van der Waals surface area (Å²) in [5.74, 6) is 1.60. The summed E-state index contributed by atoms with van der Waals surface area (Å²) in [6.45, 7) is 8.51. The monoisotopic (exact) mass is 285 g/mol. The van der Waals surface area contributed by atoms with Crippen LogP contribution in [0.25, 0.3) is 10.8 Å². The smallest absolute Gasteiger partial charge is 0.127 e. The van der Waals surface area contributed by atoms with Crippen LogP contribution in [0.2, 0.25) is 0 Å². The number of ether oxygens (including phenoxy) is 1. The van der Waals surface area contributed by atoms with E-state index in [1.54, 1.807) is 0 Å². The number of fused-ring (bicyclic) bond motifs is 1. The topological polar surface area (TPSA) is 21.3 Å². The molecule has 2 heteroatoms. The van der Waals surface area contributed by atoms with Crippen molar-refractivity contribution in [1.29, 1.82) is 0 Å². The summed E-state index contributed by atoms with van der Waals surface area (Å²) < 4.78 is 6.14. The lowest BCUT2D eigenvalue weighted by Gasteiger charge is -2.24. The molecule has 0 saturated carbocycles. The zero-order valence-electron chi connectivity index (χ0n) is 13.4. The molecule has 0 aliphatic rings. The Morgan fingerprint density at radius 1 is 1.05 bits per heavy atom. The third-order valence-electron chi connectivity index (χ3n) is 4.16. The fraction of sp³-hybridized carbons (Fsp3) is 0.474. The molecule has 2 aromatic carbocycles. The van der Waals surface area contributed by atoms with E-state index >= 15 is 0 Å². The minimum Gasteiger partial charge on any atom is -0.491 e. The van der Waals surface area contributed by atoms with Crippen LogP contribution < -0.4 is 10.1 Å². The molecule has 114 valence electrons. The van der Waals surface area contributed by atoms with Gasteiger partial charge in [0.05, 0.1) is 0 Å². The fourth-order valence-corrected chi connectivity index (χ4v) is 2.54. The van der Waals surface area contributed by atoms with Crippen LogP contribution in [0.5, 0.6) is 5.75 Å². The van der Waals surface area contributed by atoms with Crippen molar-refractivity contribution in [3.8, 4) is 5.75 Å². The predicted molar refractivity (Wildman–Crippen MR) is 91.0 cm³/mol. The number of nitrogens with one attached hydrogen (secondary N) is 1. The van der Waals surface area contributed by atoms with Gasteiger partial charge in [-0.25, -0.2) is 0 Å². The molecule has 2 nitrogen and oxygen atoms in total. The molecule has 1 N–H and O–H groups in total. The molecule has 0 amide bonds. The molecule has 0 heterocycles. The van der Waals surface area contributed by atoms with Crippen molar-refractivity contribution in [1.82, 2.24) is 5.32 Å². The molecule has 2 atom stereocenters. The molecule has 2 rings (SSSR count). The Bertz CT molecular complexity index is 547. The molecule has 0 fully saturated rings.